The fraction of sp³-hybridized carbons (Fsp3) is 0.462. The van der Waals surface area contributed by atoms with Crippen molar-refractivity contribution in [3.63, 3.8) is 0 Å². The smallest absolute Gasteiger partial charge is 0.270 e. The molecule has 1 aliphatic rings. The second-order valence-electron chi connectivity index (χ2n) is 4.77. The fourth-order valence-corrected chi connectivity index (χ4v) is 2.75. The van der Waals surface area contributed by atoms with E-state index in [0.29, 0.717) is 12.1 Å². The molecule has 21 heavy (non-hydrogen) atoms. The summed E-state index contributed by atoms with van der Waals surface area (Å²) >= 11 is 6.00. The molecular weight excluding hydrogens is 317 g/mol. The summed E-state index contributed by atoms with van der Waals surface area (Å²) in [6.07, 6.45) is 1.92. The SMILES string of the molecule is CNCC1CCCN1C(=O)c1ccc([N+](=O)[O-])cc1Cl.Cl. The van der Waals surface area contributed by atoms with Gasteiger partial charge in [0.25, 0.3) is 11.6 Å². The fourth-order valence-electron chi connectivity index (χ4n) is 2.50. The number of nitrogens with one attached hydrogen (secondary N) is 1. The normalized spacial score (nSPS) is 17.4. The van der Waals surface area contributed by atoms with Gasteiger partial charge in [-0.1, -0.05) is 11.6 Å². The van der Waals surface area contributed by atoms with E-state index in [1.807, 2.05) is 7.05 Å². The van der Waals surface area contributed by atoms with Crippen LogP contribution in [-0.2, 0) is 0 Å². The molecule has 6 nitrogen and oxygen atoms in total. The Morgan fingerprint density at radius 1 is 1.57 bits per heavy atom. The monoisotopic (exact) mass is 333 g/mol. The van der Waals surface area contributed by atoms with Crippen LogP contribution in [0, 0.1) is 10.1 Å². The summed E-state index contributed by atoms with van der Waals surface area (Å²) in [5.74, 6) is -0.164. The van der Waals surface area contributed by atoms with Gasteiger partial charge in [0.05, 0.1) is 15.5 Å². The number of likely N-dealkylation sites (N-methyl/N-ethyl adjacent to an activating group) is 1. The first-order valence-electron chi connectivity index (χ1n) is 6.44. The first kappa shape index (κ1) is 17.7. The molecule has 1 aliphatic heterocycles. The van der Waals surface area contributed by atoms with Crippen LogP contribution in [0.2, 0.25) is 5.02 Å². The number of hydrogen-bond donors (Lipinski definition) is 1. The lowest BCUT2D eigenvalue weighted by molar-refractivity contribution is -0.384. The zero-order valence-electron chi connectivity index (χ0n) is 11.5. The van der Waals surface area contributed by atoms with Gasteiger partial charge in [-0.2, -0.15) is 0 Å². The maximum Gasteiger partial charge on any atom is 0.270 e. The molecule has 0 bridgehead atoms. The summed E-state index contributed by atoms with van der Waals surface area (Å²) in [4.78, 5) is 24.4. The van der Waals surface area contributed by atoms with Crippen LogP contribution in [0.1, 0.15) is 23.2 Å². The molecule has 0 spiro atoms. The van der Waals surface area contributed by atoms with Crippen LogP contribution in [0.4, 0.5) is 5.69 Å². The number of likely N-dealkylation sites (tertiary alicyclic amines) is 1. The van der Waals surface area contributed by atoms with E-state index in [1.165, 1.54) is 18.2 Å². The minimum atomic E-state index is -0.528. The highest BCUT2D eigenvalue weighted by atomic mass is 35.5. The van der Waals surface area contributed by atoms with Gasteiger partial charge in [0.1, 0.15) is 0 Å². The average molecular weight is 334 g/mol. The predicted molar refractivity (Wildman–Crippen MR) is 83.3 cm³/mol. The summed E-state index contributed by atoms with van der Waals surface area (Å²) in [7, 11) is 1.85. The van der Waals surface area contributed by atoms with Crippen molar-refractivity contribution < 1.29 is 9.72 Å². The molecule has 1 N–H and O–H groups in total. The van der Waals surface area contributed by atoms with Gasteiger partial charge in [-0.25, -0.2) is 0 Å². The number of nitrogens with zero attached hydrogens (tertiary/aromatic N) is 2. The van der Waals surface area contributed by atoms with Gasteiger partial charge in [-0.3, -0.25) is 14.9 Å². The minimum absolute atomic E-state index is 0. The molecule has 0 saturated carbocycles. The first-order chi connectivity index (χ1) is 9.54. The molecule has 1 heterocycles. The molecule has 8 heteroatoms. The van der Waals surface area contributed by atoms with Crippen molar-refractivity contribution in [2.45, 2.75) is 18.9 Å². The number of nitro benzene ring substituents is 1. The molecular formula is C13H17Cl2N3O3. The lowest BCUT2D eigenvalue weighted by atomic mass is 10.1. The van der Waals surface area contributed by atoms with Gasteiger partial charge in [-0.05, 0) is 26.0 Å². The number of benzene rings is 1. The summed E-state index contributed by atoms with van der Waals surface area (Å²) in [5.41, 5.74) is 0.208. The highest BCUT2D eigenvalue weighted by Gasteiger charge is 2.30. The van der Waals surface area contributed by atoms with E-state index >= 15 is 0 Å². The van der Waals surface area contributed by atoms with Crippen LogP contribution in [0.3, 0.4) is 0 Å². The Balaban J connectivity index is 0.00000220. The molecule has 1 unspecified atom stereocenters. The molecule has 2 rings (SSSR count). The van der Waals surface area contributed by atoms with E-state index in [9.17, 15) is 14.9 Å². The number of hydrogen-bond acceptors (Lipinski definition) is 4. The zero-order valence-corrected chi connectivity index (χ0v) is 13.1. The average Bonchev–Trinajstić information content (AvgIpc) is 2.86. The molecule has 0 aliphatic carbocycles. The van der Waals surface area contributed by atoms with Crippen LogP contribution in [0.25, 0.3) is 0 Å². The van der Waals surface area contributed by atoms with Crippen molar-refractivity contribution in [3.8, 4) is 0 Å². The van der Waals surface area contributed by atoms with Crippen molar-refractivity contribution in [2.75, 3.05) is 20.1 Å². The van der Waals surface area contributed by atoms with Crippen LogP contribution in [0.15, 0.2) is 18.2 Å². The van der Waals surface area contributed by atoms with Crippen molar-refractivity contribution in [3.05, 3.63) is 38.9 Å². The largest absolute Gasteiger partial charge is 0.334 e. The van der Waals surface area contributed by atoms with Gasteiger partial charge >= 0.3 is 0 Å². The number of amides is 1. The standard InChI is InChI=1S/C13H16ClN3O3.ClH/c1-15-8-10-3-2-6-16(10)13(18)11-5-4-9(17(19)20)7-12(11)14;/h4-5,7,10,15H,2-3,6,8H2,1H3;1H. The van der Waals surface area contributed by atoms with Crippen molar-refractivity contribution in [1.82, 2.24) is 10.2 Å². The Morgan fingerprint density at radius 3 is 2.86 bits per heavy atom. The molecule has 0 radical (unpaired) electrons. The van der Waals surface area contributed by atoms with Crippen LogP contribution in [-0.4, -0.2) is 41.9 Å². The second kappa shape index (κ2) is 7.59. The molecule has 0 aromatic heterocycles. The Labute approximate surface area is 134 Å². The predicted octanol–water partition coefficient (Wildman–Crippen LogP) is 2.49. The number of halogens is 2. The van der Waals surface area contributed by atoms with E-state index in [2.05, 4.69) is 5.32 Å². The first-order valence-corrected chi connectivity index (χ1v) is 6.82. The Hall–Kier alpha value is -1.37. The third-order valence-corrected chi connectivity index (χ3v) is 3.78. The van der Waals surface area contributed by atoms with E-state index in [-0.39, 0.29) is 35.1 Å². The van der Waals surface area contributed by atoms with Crippen molar-refractivity contribution >= 4 is 35.6 Å². The zero-order chi connectivity index (χ0) is 14.7. The molecule has 1 atom stereocenters. The van der Waals surface area contributed by atoms with Crippen LogP contribution in [0.5, 0.6) is 0 Å². The summed E-state index contributed by atoms with van der Waals surface area (Å²) in [5, 5.41) is 13.9. The van der Waals surface area contributed by atoms with E-state index in [0.717, 1.165) is 19.4 Å². The van der Waals surface area contributed by atoms with Crippen molar-refractivity contribution in [1.29, 1.82) is 0 Å². The number of carbonyl (C=O) groups is 1. The van der Waals surface area contributed by atoms with Gasteiger partial charge in [0, 0.05) is 31.3 Å². The molecule has 1 aromatic rings. The molecule has 1 aromatic carbocycles. The Kier molecular flexibility index (Phi) is 6.39. The second-order valence-corrected chi connectivity index (χ2v) is 5.18. The van der Waals surface area contributed by atoms with Gasteiger partial charge in [-0.15, -0.1) is 12.4 Å². The van der Waals surface area contributed by atoms with Gasteiger partial charge in [0.2, 0.25) is 0 Å². The van der Waals surface area contributed by atoms with Crippen LogP contribution >= 0.6 is 24.0 Å². The highest BCUT2D eigenvalue weighted by molar-refractivity contribution is 6.34. The number of rotatable bonds is 4. The lowest BCUT2D eigenvalue weighted by Gasteiger charge is -2.24. The Bertz CT molecular complexity index is 539. The van der Waals surface area contributed by atoms with Gasteiger partial charge in [0.15, 0.2) is 0 Å². The molecule has 1 amide bonds. The summed E-state index contributed by atoms with van der Waals surface area (Å²) in [6.45, 7) is 1.43. The number of nitro groups is 1. The third kappa shape index (κ3) is 3.84. The maximum absolute atomic E-state index is 12.5. The van der Waals surface area contributed by atoms with Gasteiger partial charge < -0.3 is 10.2 Å². The summed E-state index contributed by atoms with van der Waals surface area (Å²) in [6, 6.07) is 4.11. The minimum Gasteiger partial charge on any atom is -0.334 e. The van der Waals surface area contributed by atoms with E-state index < -0.39 is 4.92 Å². The molecule has 1 saturated heterocycles. The number of non-ortho nitro benzene ring substituents is 1. The molecule has 116 valence electrons. The van der Waals surface area contributed by atoms with Crippen molar-refractivity contribution in [2.24, 2.45) is 0 Å². The lowest BCUT2D eigenvalue weighted by Crippen LogP contribution is -2.40. The maximum atomic E-state index is 12.5. The number of carbonyl (C=O) groups excluding carboxylic acids is 1. The molecule has 1 fully saturated rings. The highest BCUT2D eigenvalue weighted by Crippen LogP contribution is 2.26. The van der Waals surface area contributed by atoms with Crippen LogP contribution < -0.4 is 5.32 Å². The third-order valence-electron chi connectivity index (χ3n) is 3.47. The topological polar surface area (TPSA) is 75.5 Å². The quantitative estimate of drug-likeness (QED) is 0.678. The van der Waals surface area contributed by atoms with E-state index in [1.54, 1.807) is 4.90 Å². The summed E-state index contributed by atoms with van der Waals surface area (Å²) < 4.78 is 0. The Morgan fingerprint density at radius 2 is 2.29 bits per heavy atom. The van der Waals surface area contributed by atoms with E-state index in [4.69, 9.17) is 11.6 Å².